The van der Waals surface area contributed by atoms with Gasteiger partial charge in [0.2, 0.25) is 0 Å². The fourth-order valence-electron chi connectivity index (χ4n) is 1.23. The van der Waals surface area contributed by atoms with Crippen LogP contribution in [-0.4, -0.2) is 20.9 Å². The third kappa shape index (κ3) is 7.14. The molecule has 0 fully saturated rings. The lowest BCUT2D eigenvalue weighted by atomic mass is 10.2. The average molecular weight is 291 g/mol. The Bertz CT molecular complexity index is 486. The van der Waals surface area contributed by atoms with Crippen molar-refractivity contribution in [3.63, 3.8) is 0 Å². The van der Waals surface area contributed by atoms with Crippen molar-refractivity contribution in [2.75, 3.05) is 12.9 Å². The molecule has 0 aliphatic carbocycles. The number of hydrogen-bond acceptors (Lipinski definition) is 2. The largest absolute Gasteiger partial charge is 0.490 e. The van der Waals surface area contributed by atoms with E-state index in [1.165, 1.54) is 4.91 Å². The van der Waals surface area contributed by atoms with Crippen molar-refractivity contribution < 1.29 is 4.74 Å². The Hall–Kier alpha value is -1.11. The Morgan fingerprint density at radius 3 is 2.42 bits per heavy atom. The van der Waals surface area contributed by atoms with Crippen LogP contribution in [0.15, 0.2) is 35.2 Å². The highest BCUT2D eigenvalue weighted by Gasteiger charge is 2.07. The Labute approximate surface area is 122 Å². The zero-order chi connectivity index (χ0) is 14.3. The third-order valence-corrected chi connectivity index (χ3v) is 4.06. The molecule has 1 aromatic rings. The molecule has 0 bridgehead atoms. The maximum Gasteiger partial charge on any atom is 0.129 e. The van der Waals surface area contributed by atoms with E-state index < -0.39 is 8.07 Å². The summed E-state index contributed by atoms with van der Waals surface area (Å²) in [5.41, 5.74) is 4.42. The minimum Gasteiger partial charge on any atom is -0.490 e. The SMILES string of the molecule is CS/C(C)=C/COc1ccc(C#C[Si](C)(C)C)cc1. The van der Waals surface area contributed by atoms with Gasteiger partial charge in [-0.2, -0.15) is 0 Å². The number of rotatable bonds is 4. The molecule has 1 nitrogen and oxygen atoms in total. The first-order chi connectivity index (χ1) is 8.90. The molecule has 1 aromatic carbocycles. The molecule has 0 radical (unpaired) electrons. The smallest absolute Gasteiger partial charge is 0.129 e. The number of hydrogen-bond donors (Lipinski definition) is 0. The zero-order valence-corrected chi connectivity index (χ0v) is 14.2. The van der Waals surface area contributed by atoms with Crippen LogP contribution in [0, 0.1) is 11.5 Å². The van der Waals surface area contributed by atoms with Gasteiger partial charge in [0.25, 0.3) is 0 Å². The standard InChI is InChI=1S/C16H22OSSi/c1-14(18-2)10-12-17-16-8-6-15(7-9-16)11-13-19(3,4)5/h6-10H,12H2,1-5H3/b14-10+. The van der Waals surface area contributed by atoms with E-state index in [0.717, 1.165) is 11.3 Å². The van der Waals surface area contributed by atoms with Crippen LogP contribution in [-0.2, 0) is 0 Å². The van der Waals surface area contributed by atoms with Gasteiger partial charge in [-0.25, -0.2) is 0 Å². The fraction of sp³-hybridized carbons (Fsp3) is 0.375. The van der Waals surface area contributed by atoms with E-state index in [1.54, 1.807) is 11.8 Å². The summed E-state index contributed by atoms with van der Waals surface area (Å²) < 4.78 is 5.65. The van der Waals surface area contributed by atoms with Gasteiger partial charge in [0, 0.05) is 5.56 Å². The van der Waals surface area contributed by atoms with E-state index in [4.69, 9.17) is 4.74 Å². The molecular formula is C16H22OSSi. The van der Waals surface area contributed by atoms with E-state index in [-0.39, 0.29) is 0 Å². The van der Waals surface area contributed by atoms with E-state index in [1.807, 2.05) is 24.3 Å². The summed E-state index contributed by atoms with van der Waals surface area (Å²) in [6.07, 6.45) is 4.15. The molecule has 0 aromatic heterocycles. The van der Waals surface area contributed by atoms with Crippen LogP contribution >= 0.6 is 11.8 Å². The van der Waals surface area contributed by atoms with Crippen LogP contribution in [0.25, 0.3) is 0 Å². The normalized spacial score (nSPS) is 11.7. The summed E-state index contributed by atoms with van der Waals surface area (Å²) >= 11 is 1.74. The van der Waals surface area contributed by atoms with Gasteiger partial charge in [-0.05, 0) is 48.4 Å². The number of thioether (sulfide) groups is 1. The molecule has 0 amide bonds. The molecule has 3 heteroatoms. The van der Waals surface area contributed by atoms with Gasteiger partial charge in [0.1, 0.15) is 20.4 Å². The van der Waals surface area contributed by atoms with Crippen molar-refractivity contribution >= 4 is 19.8 Å². The lowest BCUT2D eigenvalue weighted by Crippen LogP contribution is -2.16. The summed E-state index contributed by atoms with van der Waals surface area (Å²) in [5.74, 6) is 4.13. The molecular weight excluding hydrogens is 268 g/mol. The van der Waals surface area contributed by atoms with Crippen molar-refractivity contribution in [1.82, 2.24) is 0 Å². The summed E-state index contributed by atoms with van der Waals surface area (Å²) in [4.78, 5) is 1.28. The van der Waals surface area contributed by atoms with E-state index >= 15 is 0 Å². The average Bonchev–Trinajstić information content (AvgIpc) is 2.36. The van der Waals surface area contributed by atoms with Crippen molar-refractivity contribution in [3.05, 3.63) is 40.8 Å². The molecule has 1 rings (SSSR count). The second kappa shape index (κ2) is 7.47. The third-order valence-electron chi connectivity index (χ3n) is 2.38. The Morgan fingerprint density at radius 1 is 1.26 bits per heavy atom. The first-order valence-corrected chi connectivity index (χ1v) is 11.1. The topological polar surface area (TPSA) is 9.23 Å². The second-order valence-corrected chi connectivity index (χ2v) is 11.2. The lowest BCUT2D eigenvalue weighted by Gasteiger charge is -2.05. The minimum absolute atomic E-state index is 0.618. The van der Waals surface area contributed by atoms with Gasteiger partial charge in [-0.1, -0.05) is 25.6 Å². The van der Waals surface area contributed by atoms with Crippen molar-refractivity contribution in [2.45, 2.75) is 26.6 Å². The first kappa shape index (κ1) is 15.9. The molecule has 0 unspecified atom stereocenters. The maximum atomic E-state index is 5.65. The Kier molecular flexibility index (Phi) is 6.27. The predicted octanol–water partition coefficient (Wildman–Crippen LogP) is 4.56. The molecule has 0 N–H and O–H groups in total. The Balaban J connectivity index is 2.59. The van der Waals surface area contributed by atoms with Gasteiger partial charge in [0.05, 0.1) is 0 Å². The van der Waals surface area contributed by atoms with Crippen LogP contribution in [0.1, 0.15) is 12.5 Å². The van der Waals surface area contributed by atoms with Crippen molar-refractivity contribution in [2.24, 2.45) is 0 Å². The van der Waals surface area contributed by atoms with Gasteiger partial charge in [-0.3, -0.25) is 0 Å². The molecule has 102 valence electrons. The highest BCUT2D eigenvalue weighted by atomic mass is 32.2. The second-order valence-electron chi connectivity index (χ2n) is 5.35. The van der Waals surface area contributed by atoms with E-state index in [9.17, 15) is 0 Å². The van der Waals surface area contributed by atoms with Gasteiger partial charge >= 0.3 is 0 Å². The van der Waals surface area contributed by atoms with Crippen LogP contribution in [0.5, 0.6) is 5.75 Å². The van der Waals surface area contributed by atoms with Gasteiger partial charge in [-0.15, -0.1) is 17.3 Å². The maximum absolute atomic E-state index is 5.65. The van der Waals surface area contributed by atoms with Crippen LogP contribution in [0.2, 0.25) is 19.6 Å². The summed E-state index contributed by atoms with van der Waals surface area (Å²) in [6, 6.07) is 8.01. The molecule has 0 aliphatic rings. The highest BCUT2D eigenvalue weighted by Crippen LogP contribution is 2.13. The quantitative estimate of drug-likeness (QED) is 0.594. The highest BCUT2D eigenvalue weighted by molar-refractivity contribution is 8.02. The molecule has 0 atom stereocenters. The zero-order valence-electron chi connectivity index (χ0n) is 12.4. The van der Waals surface area contributed by atoms with Crippen molar-refractivity contribution in [3.8, 4) is 17.2 Å². The summed E-state index contributed by atoms with van der Waals surface area (Å²) in [6.45, 7) is 9.45. The fourth-order valence-corrected chi connectivity index (χ4v) is 1.99. The molecule has 19 heavy (non-hydrogen) atoms. The molecule has 0 heterocycles. The number of ether oxygens (including phenoxy) is 1. The summed E-state index contributed by atoms with van der Waals surface area (Å²) in [5, 5.41) is 0. The van der Waals surface area contributed by atoms with E-state index in [0.29, 0.717) is 6.61 Å². The molecule has 0 aliphatic heterocycles. The van der Waals surface area contributed by atoms with Gasteiger partial charge in [0.15, 0.2) is 0 Å². The first-order valence-electron chi connectivity index (χ1n) is 6.37. The van der Waals surface area contributed by atoms with Gasteiger partial charge < -0.3 is 4.74 Å². The monoisotopic (exact) mass is 290 g/mol. The minimum atomic E-state index is -1.29. The van der Waals surface area contributed by atoms with E-state index in [2.05, 4.69) is 50.4 Å². The number of allylic oxidation sites excluding steroid dienone is 1. The molecule has 0 saturated heterocycles. The Morgan fingerprint density at radius 2 is 1.89 bits per heavy atom. The van der Waals surface area contributed by atoms with Crippen molar-refractivity contribution in [1.29, 1.82) is 0 Å². The van der Waals surface area contributed by atoms with Crippen LogP contribution in [0.4, 0.5) is 0 Å². The lowest BCUT2D eigenvalue weighted by molar-refractivity contribution is 0.362. The number of benzene rings is 1. The van der Waals surface area contributed by atoms with Crippen LogP contribution < -0.4 is 4.74 Å². The summed E-state index contributed by atoms with van der Waals surface area (Å²) in [7, 11) is -1.29. The predicted molar refractivity (Wildman–Crippen MR) is 89.4 cm³/mol. The van der Waals surface area contributed by atoms with Crippen LogP contribution in [0.3, 0.4) is 0 Å². The molecule has 0 spiro atoms. The molecule has 0 saturated carbocycles.